The monoisotopic (exact) mass is 329 g/mol. The second-order valence-corrected chi connectivity index (χ2v) is 6.09. The minimum absolute atomic E-state index is 0.173. The number of carbonyl (C=O) groups excluding carboxylic acids is 1. The Morgan fingerprint density at radius 2 is 1.96 bits per heavy atom. The van der Waals surface area contributed by atoms with E-state index in [4.69, 9.17) is 16.1 Å². The number of carbonyl (C=O) groups is 1. The molecule has 0 atom stereocenters. The minimum atomic E-state index is -0.229. The quantitative estimate of drug-likeness (QED) is 0.764. The Kier molecular flexibility index (Phi) is 4.05. The Bertz CT molecular complexity index is 869. The van der Waals surface area contributed by atoms with Crippen molar-refractivity contribution in [3.8, 4) is 0 Å². The van der Waals surface area contributed by atoms with E-state index in [-0.39, 0.29) is 11.8 Å². The van der Waals surface area contributed by atoms with Crippen molar-refractivity contribution < 1.29 is 9.32 Å². The van der Waals surface area contributed by atoms with Gasteiger partial charge in [-0.3, -0.25) is 4.79 Å². The van der Waals surface area contributed by atoms with Gasteiger partial charge in [0.1, 0.15) is 0 Å². The Morgan fingerprint density at radius 3 is 2.61 bits per heavy atom. The summed E-state index contributed by atoms with van der Waals surface area (Å²) < 4.78 is 5.24. The van der Waals surface area contributed by atoms with Crippen molar-refractivity contribution in [2.75, 3.05) is 5.32 Å². The maximum absolute atomic E-state index is 12.7. The molecule has 0 saturated carbocycles. The van der Waals surface area contributed by atoms with E-state index in [9.17, 15) is 4.79 Å². The second-order valence-electron chi connectivity index (χ2n) is 5.66. The van der Waals surface area contributed by atoms with E-state index in [0.29, 0.717) is 33.1 Å². The smallest absolute Gasteiger partial charge is 0.259 e. The van der Waals surface area contributed by atoms with E-state index in [2.05, 4.69) is 15.5 Å². The number of anilines is 1. The van der Waals surface area contributed by atoms with Gasteiger partial charge in [-0.1, -0.05) is 30.6 Å². The largest absolute Gasteiger partial charge is 0.336 e. The number of rotatable bonds is 3. The highest BCUT2D eigenvalue weighted by molar-refractivity contribution is 6.30. The summed E-state index contributed by atoms with van der Waals surface area (Å²) in [5, 5.41) is 8.05. The predicted molar refractivity (Wildman–Crippen MR) is 90.0 cm³/mol. The fraction of sp³-hybridized carbons (Fsp3) is 0.235. The summed E-state index contributed by atoms with van der Waals surface area (Å²) in [4.78, 5) is 17.1. The van der Waals surface area contributed by atoms with Gasteiger partial charge in [-0.15, -0.1) is 0 Å². The molecule has 5 nitrogen and oxygen atoms in total. The summed E-state index contributed by atoms with van der Waals surface area (Å²) in [7, 11) is 0. The second kappa shape index (κ2) is 6.01. The molecular formula is C17H16ClN3O2. The number of pyridine rings is 1. The summed E-state index contributed by atoms with van der Waals surface area (Å²) in [5.74, 6) is -0.0557. The minimum Gasteiger partial charge on any atom is -0.336 e. The van der Waals surface area contributed by atoms with Gasteiger partial charge in [0, 0.05) is 16.4 Å². The number of aromatic nitrogens is 2. The third-order valence-electron chi connectivity index (χ3n) is 3.58. The van der Waals surface area contributed by atoms with Crippen LogP contribution >= 0.6 is 11.6 Å². The molecule has 0 saturated heterocycles. The van der Waals surface area contributed by atoms with Gasteiger partial charge >= 0.3 is 0 Å². The van der Waals surface area contributed by atoms with E-state index in [1.54, 1.807) is 37.3 Å². The highest BCUT2D eigenvalue weighted by Gasteiger charge is 2.19. The van der Waals surface area contributed by atoms with Crippen LogP contribution in [-0.4, -0.2) is 16.0 Å². The molecule has 0 aliphatic carbocycles. The SMILES string of the molecule is Cc1noc2nc(C(C)C)cc(C(=O)Nc3ccc(Cl)cc3)c12. The average molecular weight is 330 g/mol. The van der Waals surface area contributed by atoms with Crippen molar-refractivity contribution in [3.63, 3.8) is 0 Å². The first-order valence-electron chi connectivity index (χ1n) is 7.29. The fourth-order valence-corrected chi connectivity index (χ4v) is 2.45. The van der Waals surface area contributed by atoms with E-state index < -0.39 is 0 Å². The standard InChI is InChI=1S/C17H16ClN3O2/c1-9(2)14-8-13(15-10(3)21-23-17(15)20-14)16(22)19-12-6-4-11(18)5-7-12/h4-9H,1-3H3,(H,19,22). The van der Waals surface area contributed by atoms with Gasteiger partial charge in [-0.05, 0) is 43.2 Å². The number of benzene rings is 1. The van der Waals surface area contributed by atoms with E-state index in [1.807, 2.05) is 13.8 Å². The van der Waals surface area contributed by atoms with Crippen LogP contribution in [0.1, 0.15) is 41.5 Å². The van der Waals surface area contributed by atoms with Crippen LogP contribution in [0.2, 0.25) is 5.02 Å². The van der Waals surface area contributed by atoms with Crippen molar-refractivity contribution in [1.29, 1.82) is 0 Å². The van der Waals surface area contributed by atoms with Gasteiger partial charge in [0.2, 0.25) is 0 Å². The van der Waals surface area contributed by atoms with Gasteiger partial charge in [0.25, 0.3) is 11.6 Å². The van der Waals surface area contributed by atoms with Crippen LogP contribution in [0, 0.1) is 6.92 Å². The summed E-state index contributed by atoms with van der Waals surface area (Å²) in [5.41, 5.74) is 2.99. The molecule has 0 bridgehead atoms. The molecule has 0 aliphatic heterocycles. The van der Waals surface area contributed by atoms with Gasteiger partial charge in [0.05, 0.1) is 16.6 Å². The molecule has 118 valence electrons. The molecule has 23 heavy (non-hydrogen) atoms. The highest BCUT2D eigenvalue weighted by Crippen LogP contribution is 2.26. The molecule has 2 aromatic heterocycles. The molecule has 0 aliphatic rings. The average Bonchev–Trinajstić information content (AvgIpc) is 2.90. The fourth-order valence-electron chi connectivity index (χ4n) is 2.32. The maximum atomic E-state index is 12.7. The summed E-state index contributed by atoms with van der Waals surface area (Å²) in [6.07, 6.45) is 0. The topological polar surface area (TPSA) is 68.0 Å². The molecule has 3 rings (SSSR count). The molecule has 6 heteroatoms. The van der Waals surface area contributed by atoms with E-state index >= 15 is 0 Å². The van der Waals surface area contributed by atoms with E-state index in [0.717, 1.165) is 5.69 Å². The van der Waals surface area contributed by atoms with Crippen LogP contribution < -0.4 is 5.32 Å². The number of hydrogen-bond donors (Lipinski definition) is 1. The van der Waals surface area contributed by atoms with Gasteiger partial charge in [0.15, 0.2) is 0 Å². The van der Waals surface area contributed by atoms with Crippen LogP contribution in [0.15, 0.2) is 34.9 Å². The molecular weight excluding hydrogens is 314 g/mol. The Balaban J connectivity index is 2.04. The Morgan fingerprint density at radius 1 is 1.26 bits per heavy atom. The van der Waals surface area contributed by atoms with Crippen LogP contribution in [0.3, 0.4) is 0 Å². The number of hydrogen-bond acceptors (Lipinski definition) is 4. The van der Waals surface area contributed by atoms with Gasteiger partial charge in [-0.25, -0.2) is 4.98 Å². The first kappa shape index (κ1) is 15.5. The molecule has 1 aromatic carbocycles. The van der Waals surface area contributed by atoms with Crippen molar-refractivity contribution in [2.24, 2.45) is 0 Å². The lowest BCUT2D eigenvalue weighted by molar-refractivity contribution is 0.102. The number of fused-ring (bicyclic) bond motifs is 1. The lowest BCUT2D eigenvalue weighted by Gasteiger charge is -2.09. The van der Waals surface area contributed by atoms with Crippen LogP contribution in [0.4, 0.5) is 5.69 Å². The molecule has 1 amide bonds. The molecule has 0 radical (unpaired) electrons. The molecule has 2 heterocycles. The number of halogens is 1. The molecule has 0 unspecified atom stereocenters. The van der Waals surface area contributed by atoms with Crippen molar-refractivity contribution in [3.05, 3.63) is 52.3 Å². The molecule has 3 aromatic rings. The zero-order valence-corrected chi connectivity index (χ0v) is 13.8. The predicted octanol–water partition coefficient (Wildman–Crippen LogP) is 4.56. The van der Waals surface area contributed by atoms with E-state index in [1.165, 1.54) is 0 Å². The number of amides is 1. The number of aryl methyl sites for hydroxylation is 1. The van der Waals surface area contributed by atoms with Gasteiger partial charge < -0.3 is 9.84 Å². The first-order chi connectivity index (χ1) is 11.0. The lowest BCUT2D eigenvalue weighted by atomic mass is 10.0. The zero-order chi connectivity index (χ0) is 16.6. The summed E-state index contributed by atoms with van der Waals surface area (Å²) in [6, 6.07) is 8.75. The molecule has 0 fully saturated rings. The van der Waals surface area contributed by atoms with Gasteiger partial charge in [-0.2, -0.15) is 0 Å². The third-order valence-corrected chi connectivity index (χ3v) is 3.83. The summed E-state index contributed by atoms with van der Waals surface area (Å²) in [6.45, 7) is 5.82. The number of nitrogens with one attached hydrogen (secondary N) is 1. The third kappa shape index (κ3) is 3.05. The molecule has 1 N–H and O–H groups in total. The number of nitrogens with zero attached hydrogens (tertiary/aromatic N) is 2. The first-order valence-corrected chi connectivity index (χ1v) is 7.67. The molecule has 0 spiro atoms. The highest BCUT2D eigenvalue weighted by atomic mass is 35.5. The Labute approximate surface area is 138 Å². The Hall–Kier alpha value is -2.40. The van der Waals surface area contributed by atoms with Crippen molar-refractivity contribution in [1.82, 2.24) is 10.1 Å². The van der Waals surface area contributed by atoms with Crippen LogP contribution in [0.25, 0.3) is 11.1 Å². The van der Waals surface area contributed by atoms with Crippen molar-refractivity contribution in [2.45, 2.75) is 26.7 Å². The van der Waals surface area contributed by atoms with Crippen LogP contribution in [0.5, 0.6) is 0 Å². The summed E-state index contributed by atoms with van der Waals surface area (Å²) >= 11 is 5.86. The van der Waals surface area contributed by atoms with Crippen molar-refractivity contribution >= 4 is 34.3 Å². The lowest BCUT2D eigenvalue weighted by Crippen LogP contribution is -2.13. The van der Waals surface area contributed by atoms with Crippen LogP contribution in [-0.2, 0) is 0 Å². The maximum Gasteiger partial charge on any atom is 0.259 e. The zero-order valence-electron chi connectivity index (χ0n) is 13.1. The normalized spacial score (nSPS) is 11.2.